The summed E-state index contributed by atoms with van der Waals surface area (Å²) >= 11 is 0. The van der Waals surface area contributed by atoms with Gasteiger partial charge in [-0.1, -0.05) is 6.07 Å². The van der Waals surface area contributed by atoms with Crippen LogP contribution in [0, 0.1) is 13.8 Å². The molecule has 5 nitrogen and oxygen atoms in total. The maximum atomic E-state index is 5.95. The Bertz CT molecular complexity index is 553. The zero-order valence-electron chi connectivity index (χ0n) is 10.5. The van der Waals surface area contributed by atoms with Crippen LogP contribution < -0.4 is 17.0 Å². The van der Waals surface area contributed by atoms with Gasteiger partial charge in [0.05, 0.1) is 11.7 Å². The van der Waals surface area contributed by atoms with Crippen molar-refractivity contribution in [2.75, 3.05) is 5.73 Å². The SMILES string of the molecule is Cc1cnc(C(NN)c2cnccc2N)c(C)c1. The first-order chi connectivity index (χ1) is 8.63. The van der Waals surface area contributed by atoms with Crippen molar-refractivity contribution in [1.29, 1.82) is 0 Å². The van der Waals surface area contributed by atoms with Crippen molar-refractivity contribution in [3.05, 3.63) is 53.1 Å². The maximum Gasteiger partial charge on any atom is 0.0918 e. The minimum absolute atomic E-state index is 0.251. The highest BCUT2D eigenvalue weighted by molar-refractivity contribution is 5.49. The molecule has 0 amide bonds. The van der Waals surface area contributed by atoms with E-state index < -0.39 is 0 Å². The molecular formula is C13H17N5. The van der Waals surface area contributed by atoms with Gasteiger partial charge in [-0.05, 0) is 31.0 Å². The van der Waals surface area contributed by atoms with Crippen molar-refractivity contribution in [3.63, 3.8) is 0 Å². The van der Waals surface area contributed by atoms with Crippen LogP contribution in [0.25, 0.3) is 0 Å². The number of pyridine rings is 2. The first-order valence-electron chi connectivity index (χ1n) is 5.72. The lowest BCUT2D eigenvalue weighted by Gasteiger charge is -2.19. The average Bonchev–Trinajstić information content (AvgIpc) is 2.34. The Morgan fingerprint density at radius 2 is 2.06 bits per heavy atom. The number of hydrogen-bond donors (Lipinski definition) is 3. The number of rotatable bonds is 3. The molecule has 94 valence electrons. The first-order valence-corrected chi connectivity index (χ1v) is 5.72. The summed E-state index contributed by atoms with van der Waals surface area (Å²) in [7, 11) is 0. The van der Waals surface area contributed by atoms with E-state index in [2.05, 4.69) is 21.5 Å². The van der Waals surface area contributed by atoms with Crippen LogP contribution in [0.3, 0.4) is 0 Å². The van der Waals surface area contributed by atoms with Gasteiger partial charge >= 0.3 is 0 Å². The molecule has 1 unspecified atom stereocenters. The van der Waals surface area contributed by atoms with Gasteiger partial charge in [0, 0.05) is 29.8 Å². The maximum absolute atomic E-state index is 5.95. The topological polar surface area (TPSA) is 89.8 Å². The minimum atomic E-state index is -0.251. The quantitative estimate of drug-likeness (QED) is 0.557. The summed E-state index contributed by atoms with van der Waals surface area (Å²) in [5.41, 5.74) is 13.2. The van der Waals surface area contributed by atoms with Gasteiger partial charge in [-0.25, -0.2) is 5.43 Å². The number of anilines is 1. The number of nitrogen functional groups attached to an aromatic ring is 1. The van der Waals surface area contributed by atoms with E-state index in [1.54, 1.807) is 18.5 Å². The second-order valence-electron chi connectivity index (χ2n) is 4.32. The lowest BCUT2D eigenvalue weighted by molar-refractivity contribution is 0.616. The second-order valence-corrected chi connectivity index (χ2v) is 4.32. The van der Waals surface area contributed by atoms with Crippen molar-refractivity contribution in [1.82, 2.24) is 15.4 Å². The predicted molar refractivity (Wildman–Crippen MR) is 71.5 cm³/mol. The van der Waals surface area contributed by atoms with Gasteiger partial charge in [-0.2, -0.15) is 0 Å². The molecule has 5 N–H and O–H groups in total. The number of nitrogens with two attached hydrogens (primary N) is 2. The molecule has 2 aromatic rings. The Hall–Kier alpha value is -1.98. The van der Waals surface area contributed by atoms with Gasteiger partial charge in [-0.15, -0.1) is 0 Å². The van der Waals surface area contributed by atoms with E-state index in [1.165, 1.54) is 0 Å². The van der Waals surface area contributed by atoms with E-state index in [0.717, 1.165) is 22.4 Å². The molecule has 0 bridgehead atoms. The third kappa shape index (κ3) is 2.32. The molecule has 0 aliphatic carbocycles. The molecule has 0 aromatic carbocycles. The van der Waals surface area contributed by atoms with E-state index in [4.69, 9.17) is 11.6 Å². The van der Waals surface area contributed by atoms with Crippen molar-refractivity contribution in [2.45, 2.75) is 19.9 Å². The number of aromatic nitrogens is 2. The molecular weight excluding hydrogens is 226 g/mol. The fourth-order valence-electron chi connectivity index (χ4n) is 2.00. The van der Waals surface area contributed by atoms with E-state index in [9.17, 15) is 0 Å². The van der Waals surface area contributed by atoms with Crippen LogP contribution in [0.4, 0.5) is 5.69 Å². The van der Waals surface area contributed by atoms with Crippen LogP contribution in [0.1, 0.15) is 28.4 Å². The van der Waals surface area contributed by atoms with Gasteiger partial charge in [0.2, 0.25) is 0 Å². The highest BCUT2D eigenvalue weighted by Gasteiger charge is 2.18. The third-order valence-corrected chi connectivity index (χ3v) is 2.89. The molecule has 0 fully saturated rings. The Morgan fingerprint density at radius 3 is 2.67 bits per heavy atom. The van der Waals surface area contributed by atoms with Gasteiger partial charge < -0.3 is 5.73 Å². The summed E-state index contributed by atoms with van der Waals surface area (Å²) in [4.78, 5) is 8.52. The highest BCUT2D eigenvalue weighted by Crippen LogP contribution is 2.26. The number of nitrogens with one attached hydrogen (secondary N) is 1. The van der Waals surface area contributed by atoms with Crippen molar-refractivity contribution in [3.8, 4) is 0 Å². The fraction of sp³-hybridized carbons (Fsp3) is 0.231. The smallest absolute Gasteiger partial charge is 0.0918 e. The molecule has 0 saturated heterocycles. The lowest BCUT2D eigenvalue weighted by atomic mass is 10.00. The summed E-state index contributed by atoms with van der Waals surface area (Å²) < 4.78 is 0. The predicted octanol–water partition coefficient (Wildman–Crippen LogP) is 1.23. The number of hydrogen-bond acceptors (Lipinski definition) is 5. The zero-order chi connectivity index (χ0) is 13.1. The highest BCUT2D eigenvalue weighted by atomic mass is 15.2. The van der Waals surface area contributed by atoms with Gasteiger partial charge in [0.1, 0.15) is 0 Å². The van der Waals surface area contributed by atoms with Gasteiger partial charge in [0.25, 0.3) is 0 Å². The fourth-order valence-corrected chi connectivity index (χ4v) is 2.00. The van der Waals surface area contributed by atoms with Crippen LogP contribution in [-0.2, 0) is 0 Å². The minimum Gasteiger partial charge on any atom is -0.398 e. The molecule has 0 spiro atoms. The lowest BCUT2D eigenvalue weighted by Crippen LogP contribution is -2.30. The first kappa shape index (κ1) is 12.5. The molecule has 2 rings (SSSR count). The Balaban J connectivity index is 2.49. The molecule has 5 heteroatoms. The summed E-state index contributed by atoms with van der Waals surface area (Å²) in [6.07, 6.45) is 5.18. The average molecular weight is 243 g/mol. The molecule has 0 saturated carbocycles. The Labute approximate surface area is 106 Å². The van der Waals surface area contributed by atoms with Crippen molar-refractivity contribution >= 4 is 5.69 Å². The van der Waals surface area contributed by atoms with E-state index in [0.29, 0.717) is 5.69 Å². The van der Waals surface area contributed by atoms with Gasteiger partial charge in [0.15, 0.2) is 0 Å². The Morgan fingerprint density at radius 1 is 1.28 bits per heavy atom. The molecule has 1 atom stereocenters. The van der Waals surface area contributed by atoms with Gasteiger partial charge in [-0.3, -0.25) is 15.8 Å². The summed E-state index contributed by atoms with van der Waals surface area (Å²) in [5, 5.41) is 0. The molecule has 18 heavy (non-hydrogen) atoms. The van der Waals surface area contributed by atoms with Crippen LogP contribution in [0.5, 0.6) is 0 Å². The monoisotopic (exact) mass is 243 g/mol. The normalized spacial score (nSPS) is 12.4. The second kappa shape index (κ2) is 5.12. The summed E-state index contributed by atoms with van der Waals surface area (Å²) in [5.74, 6) is 5.64. The molecule has 0 aliphatic heterocycles. The standard InChI is InChI=1S/C13H17N5/c1-8-5-9(2)12(17-6-8)13(18-15)10-7-16-4-3-11(10)14/h3-7,13,18H,15H2,1-2H3,(H2,14,16). The van der Waals surface area contributed by atoms with Crippen LogP contribution in [-0.4, -0.2) is 9.97 Å². The molecule has 0 aliphatic rings. The number of nitrogens with zero attached hydrogens (tertiary/aromatic N) is 2. The van der Waals surface area contributed by atoms with E-state index in [1.807, 2.05) is 20.0 Å². The molecule has 2 heterocycles. The van der Waals surface area contributed by atoms with Crippen LogP contribution in [0.2, 0.25) is 0 Å². The largest absolute Gasteiger partial charge is 0.398 e. The number of hydrazine groups is 1. The van der Waals surface area contributed by atoms with Crippen molar-refractivity contribution in [2.24, 2.45) is 5.84 Å². The van der Waals surface area contributed by atoms with E-state index >= 15 is 0 Å². The van der Waals surface area contributed by atoms with Crippen LogP contribution >= 0.6 is 0 Å². The van der Waals surface area contributed by atoms with E-state index in [-0.39, 0.29) is 6.04 Å². The molecule has 0 radical (unpaired) electrons. The Kier molecular flexibility index (Phi) is 3.55. The van der Waals surface area contributed by atoms with Crippen LogP contribution in [0.15, 0.2) is 30.7 Å². The number of aryl methyl sites for hydroxylation is 2. The van der Waals surface area contributed by atoms with Crippen molar-refractivity contribution < 1.29 is 0 Å². The third-order valence-electron chi connectivity index (χ3n) is 2.89. The summed E-state index contributed by atoms with van der Waals surface area (Å²) in [6.45, 7) is 4.01. The zero-order valence-corrected chi connectivity index (χ0v) is 10.5. The summed E-state index contributed by atoms with van der Waals surface area (Å²) in [6, 6.07) is 3.57. The molecule has 2 aromatic heterocycles.